The first-order chi connectivity index (χ1) is 11.1. The topological polar surface area (TPSA) is 91.5 Å². The summed E-state index contributed by atoms with van der Waals surface area (Å²) in [5.41, 5.74) is 1.99. The van der Waals surface area contributed by atoms with E-state index in [1.54, 1.807) is 7.05 Å². The van der Waals surface area contributed by atoms with Crippen LogP contribution in [0.2, 0.25) is 0 Å². The third kappa shape index (κ3) is 4.79. The van der Waals surface area contributed by atoms with Gasteiger partial charge >= 0.3 is 6.03 Å². The van der Waals surface area contributed by atoms with Gasteiger partial charge in [-0.2, -0.15) is 4.98 Å². The van der Waals surface area contributed by atoms with Crippen molar-refractivity contribution in [3.05, 3.63) is 35.7 Å². The number of urea groups is 1. The zero-order valence-electron chi connectivity index (χ0n) is 13.5. The van der Waals surface area contributed by atoms with Gasteiger partial charge in [0, 0.05) is 32.1 Å². The molecule has 7 heteroatoms. The number of aliphatic hydroxyl groups excluding tert-OH is 1. The highest BCUT2D eigenvalue weighted by Gasteiger charge is 2.08. The summed E-state index contributed by atoms with van der Waals surface area (Å²) >= 11 is 0. The highest BCUT2D eigenvalue weighted by atomic mass is 16.5. The van der Waals surface area contributed by atoms with Crippen molar-refractivity contribution in [3.8, 4) is 11.5 Å². The molecule has 2 aromatic rings. The van der Waals surface area contributed by atoms with E-state index in [9.17, 15) is 4.79 Å². The fraction of sp³-hybridized carbons (Fsp3) is 0.438. The summed E-state index contributed by atoms with van der Waals surface area (Å²) in [6.45, 7) is 2.80. The van der Waals surface area contributed by atoms with Crippen LogP contribution in [0.25, 0.3) is 11.5 Å². The number of rotatable bonds is 7. The Morgan fingerprint density at radius 3 is 2.70 bits per heavy atom. The van der Waals surface area contributed by atoms with Crippen molar-refractivity contribution >= 4 is 6.03 Å². The molecule has 2 rings (SSSR count). The summed E-state index contributed by atoms with van der Waals surface area (Å²) < 4.78 is 5.20. The summed E-state index contributed by atoms with van der Waals surface area (Å²) in [7, 11) is 1.65. The van der Waals surface area contributed by atoms with Crippen molar-refractivity contribution in [1.82, 2.24) is 20.4 Å². The van der Waals surface area contributed by atoms with Crippen molar-refractivity contribution in [1.29, 1.82) is 0 Å². The summed E-state index contributed by atoms with van der Waals surface area (Å²) in [4.78, 5) is 17.4. The van der Waals surface area contributed by atoms with Crippen molar-refractivity contribution in [3.63, 3.8) is 0 Å². The molecule has 2 N–H and O–H groups in total. The Morgan fingerprint density at radius 2 is 2.09 bits per heavy atom. The summed E-state index contributed by atoms with van der Waals surface area (Å²) in [6.07, 6.45) is 1.47. The third-order valence-corrected chi connectivity index (χ3v) is 3.46. The van der Waals surface area contributed by atoms with Crippen molar-refractivity contribution in [2.75, 3.05) is 26.7 Å². The second-order valence-electron chi connectivity index (χ2n) is 5.19. The maximum Gasteiger partial charge on any atom is 0.317 e. The van der Waals surface area contributed by atoms with Gasteiger partial charge in [0.05, 0.1) is 6.61 Å². The average Bonchev–Trinajstić information content (AvgIpc) is 3.04. The van der Waals surface area contributed by atoms with Crippen molar-refractivity contribution in [2.24, 2.45) is 0 Å². The van der Waals surface area contributed by atoms with Gasteiger partial charge < -0.3 is 19.8 Å². The maximum absolute atomic E-state index is 11.7. The van der Waals surface area contributed by atoms with Gasteiger partial charge in [-0.3, -0.25) is 0 Å². The van der Waals surface area contributed by atoms with Gasteiger partial charge in [-0.25, -0.2) is 4.79 Å². The van der Waals surface area contributed by atoms with Gasteiger partial charge in [-0.1, -0.05) is 24.2 Å². The number of benzene rings is 1. The minimum Gasteiger partial charge on any atom is -0.395 e. The van der Waals surface area contributed by atoms with E-state index in [1.807, 2.05) is 31.2 Å². The fourth-order valence-corrected chi connectivity index (χ4v) is 2.03. The minimum atomic E-state index is -0.186. The van der Waals surface area contributed by atoms with Crippen LogP contribution in [-0.2, 0) is 12.8 Å². The summed E-state index contributed by atoms with van der Waals surface area (Å²) in [5.74, 6) is 1.21. The molecule has 0 saturated heterocycles. The van der Waals surface area contributed by atoms with Gasteiger partial charge in [0.2, 0.25) is 0 Å². The van der Waals surface area contributed by atoms with E-state index in [4.69, 9.17) is 9.63 Å². The first-order valence-corrected chi connectivity index (χ1v) is 7.65. The predicted octanol–water partition coefficient (Wildman–Crippen LogP) is 1.48. The molecule has 0 bridgehead atoms. The van der Waals surface area contributed by atoms with E-state index in [0.29, 0.717) is 24.8 Å². The number of aliphatic hydroxyl groups is 1. The third-order valence-electron chi connectivity index (χ3n) is 3.46. The fourth-order valence-electron chi connectivity index (χ4n) is 2.03. The number of hydrogen-bond donors (Lipinski definition) is 2. The molecule has 124 valence electrons. The number of amides is 2. The van der Waals surface area contributed by atoms with Crippen LogP contribution in [0.3, 0.4) is 0 Å². The van der Waals surface area contributed by atoms with E-state index in [0.717, 1.165) is 24.0 Å². The zero-order valence-corrected chi connectivity index (χ0v) is 13.5. The zero-order chi connectivity index (χ0) is 16.7. The lowest BCUT2D eigenvalue weighted by Crippen LogP contribution is -2.39. The predicted molar refractivity (Wildman–Crippen MR) is 85.9 cm³/mol. The van der Waals surface area contributed by atoms with Crippen LogP contribution in [-0.4, -0.2) is 52.9 Å². The largest absolute Gasteiger partial charge is 0.395 e. The molecule has 0 aliphatic heterocycles. The first-order valence-electron chi connectivity index (χ1n) is 7.65. The Bertz CT molecular complexity index is 625. The van der Waals surface area contributed by atoms with E-state index in [1.165, 1.54) is 4.90 Å². The molecular formula is C16H22N4O3. The molecule has 0 atom stereocenters. The number of likely N-dealkylation sites (N-methyl/N-ethyl adjacent to an activating group) is 1. The lowest BCUT2D eigenvalue weighted by molar-refractivity contribution is 0.190. The van der Waals surface area contributed by atoms with Crippen molar-refractivity contribution < 1.29 is 14.4 Å². The average molecular weight is 318 g/mol. The second kappa shape index (κ2) is 8.28. The van der Waals surface area contributed by atoms with Gasteiger partial charge in [0.25, 0.3) is 5.89 Å². The van der Waals surface area contributed by atoms with Gasteiger partial charge in [-0.15, -0.1) is 0 Å². The van der Waals surface area contributed by atoms with Crippen LogP contribution in [0.1, 0.15) is 18.3 Å². The summed E-state index contributed by atoms with van der Waals surface area (Å²) in [6, 6.07) is 7.64. The van der Waals surface area contributed by atoms with Crippen LogP contribution in [0.15, 0.2) is 28.8 Å². The van der Waals surface area contributed by atoms with Gasteiger partial charge in [-0.05, 0) is 24.1 Å². The smallest absolute Gasteiger partial charge is 0.317 e. The number of carbonyl (C=O) groups is 1. The molecule has 0 aliphatic rings. The number of aromatic nitrogens is 2. The number of hydrogen-bond acceptors (Lipinski definition) is 5. The lowest BCUT2D eigenvalue weighted by Gasteiger charge is -2.16. The second-order valence-corrected chi connectivity index (χ2v) is 5.19. The number of nitrogens with zero attached hydrogens (tertiary/aromatic N) is 3. The van der Waals surface area contributed by atoms with E-state index >= 15 is 0 Å². The van der Waals surface area contributed by atoms with Gasteiger partial charge in [0.15, 0.2) is 5.82 Å². The van der Waals surface area contributed by atoms with E-state index in [2.05, 4.69) is 15.5 Å². The number of aryl methyl sites for hydroxylation is 1. The Morgan fingerprint density at radius 1 is 1.35 bits per heavy atom. The Balaban J connectivity index is 1.84. The lowest BCUT2D eigenvalue weighted by atomic mass is 10.1. The highest BCUT2D eigenvalue weighted by molar-refractivity contribution is 5.73. The van der Waals surface area contributed by atoms with Crippen LogP contribution in [0, 0.1) is 0 Å². The number of nitrogens with one attached hydrogen (secondary N) is 1. The Labute approximate surface area is 135 Å². The van der Waals surface area contributed by atoms with Crippen molar-refractivity contribution in [2.45, 2.75) is 19.8 Å². The molecular weight excluding hydrogens is 296 g/mol. The molecule has 1 aromatic carbocycles. The molecule has 2 amide bonds. The first kappa shape index (κ1) is 17.0. The molecule has 0 radical (unpaired) electrons. The van der Waals surface area contributed by atoms with E-state index < -0.39 is 0 Å². The van der Waals surface area contributed by atoms with Crippen LogP contribution < -0.4 is 5.32 Å². The maximum atomic E-state index is 11.7. The highest BCUT2D eigenvalue weighted by Crippen LogP contribution is 2.18. The van der Waals surface area contributed by atoms with Crippen LogP contribution in [0.5, 0.6) is 0 Å². The number of carbonyl (C=O) groups excluding carboxylic acids is 1. The van der Waals surface area contributed by atoms with E-state index in [-0.39, 0.29) is 12.6 Å². The Kier molecular flexibility index (Phi) is 6.10. The molecule has 0 saturated carbocycles. The molecule has 0 fully saturated rings. The molecule has 1 heterocycles. The molecule has 7 nitrogen and oxygen atoms in total. The Hall–Kier alpha value is -2.41. The normalized spacial score (nSPS) is 10.6. The SMILES string of the molecule is CCc1noc(-c2ccc(CCNC(=O)N(C)CCO)cc2)n1. The molecule has 0 aliphatic carbocycles. The van der Waals surface area contributed by atoms with Crippen LogP contribution in [0.4, 0.5) is 4.79 Å². The molecule has 23 heavy (non-hydrogen) atoms. The standard InChI is InChI=1S/C16H22N4O3/c1-3-14-18-15(23-19-14)13-6-4-12(5-7-13)8-9-17-16(22)20(2)10-11-21/h4-7,21H,3,8-11H2,1-2H3,(H,17,22). The molecule has 0 unspecified atom stereocenters. The minimum absolute atomic E-state index is 0.0409. The quantitative estimate of drug-likeness (QED) is 0.807. The van der Waals surface area contributed by atoms with Gasteiger partial charge in [0.1, 0.15) is 0 Å². The molecule has 1 aromatic heterocycles. The van der Waals surface area contributed by atoms with Crippen LogP contribution >= 0.6 is 0 Å². The molecule has 0 spiro atoms. The monoisotopic (exact) mass is 318 g/mol. The summed E-state index contributed by atoms with van der Waals surface area (Å²) in [5, 5.41) is 15.5.